The fourth-order valence-corrected chi connectivity index (χ4v) is 4.67. The summed E-state index contributed by atoms with van der Waals surface area (Å²) in [6.45, 7) is 4.47. The second-order valence-electron chi connectivity index (χ2n) is 11.5. The van der Waals surface area contributed by atoms with E-state index in [4.69, 9.17) is 10.2 Å². The average molecular weight is 630 g/mol. The molecule has 0 atom stereocenters. The molecular weight excluding hydrogens is 562 g/mol. The van der Waals surface area contributed by atoms with Crippen molar-refractivity contribution in [2.45, 2.75) is 194 Å². The van der Waals surface area contributed by atoms with Gasteiger partial charge in [-0.05, 0) is 51.4 Å². The summed E-state index contributed by atoms with van der Waals surface area (Å²) in [4.78, 5) is 20.7. The minimum atomic E-state index is -0.659. The predicted octanol–water partition coefficient (Wildman–Crippen LogP) is 12.2. The van der Waals surface area contributed by atoms with Crippen LogP contribution in [0.1, 0.15) is 194 Å². The van der Waals surface area contributed by atoms with Gasteiger partial charge in [0.2, 0.25) is 0 Å². The van der Waals surface area contributed by atoms with Gasteiger partial charge in [0.05, 0.1) is 0 Å². The van der Waals surface area contributed by atoms with Gasteiger partial charge in [0, 0.05) is 32.3 Å². The monoisotopic (exact) mass is 628 g/mol. The third kappa shape index (κ3) is 49.1. The van der Waals surface area contributed by atoms with E-state index in [0.717, 1.165) is 25.7 Å². The summed E-state index contributed by atoms with van der Waals surface area (Å²) in [6, 6.07) is 0. The van der Waals surface area contributed by atoms with E-state index in [-0.39, 0.29) is 19.5 Å². The molecule has 0 aromatic carbocycles. The Bertz CT molecular complexity index is 524. The van der Waals surface area contributed by atoms with Crippen LogP contribution in [0.2, 0.25) is 0 Å². The fraction of sp³-hybridized carbons (Fsp3) is 0.833. The number of hydrogen-bond donors (Lipinski definition) is 2. The molecule has 0 saturated heterocycles. The average Bonchev–Trinajstić information content (AvgIpc) is 2.93. The van der Waals surface area contributed by atoms with Crippen molar-refractivity contribution in [1.29, 1.82) is 0 Å². The number of carboxylic acids is 2. The van der Waals surface area contributed by atoms with Crippen molar-refractivity contribution in [1.82, 2.24) is 0 Å². The van der Waals surface area contributed by atoms with Crippen LogP contribution in [0.5, 0.6) is 0 Å². The number of rotatable bonds is 30. The van der Waals surface area contributed by atoms with Gasteiger partial charge in [-0.15, -0.1) is 0 Å². The number of aliphatic carboxylic acids is 2. The van der Waals surface area contributed by atoms with Crippen LogP contribution in [0, 0.1) is 0 Å². The molecule has 0 aliphatic rings. The van der Waals surface area contributed by atoms with E-state index >= 15 is 0 Å². The van der Waals surface area contributed by atoms with Gasteiger partial charge < -0.3 is 10.2 Å². The normalized spacial score (nSPS) is 11.0. The number of allylic oxidation sites excluding steroid dienone is 4. The number of unbranched alkanes of at least 4 members (excludes halogenated alkanes) is 22. The van der Waals surface area contributed by atoms with Crippen LogP contribution in [-0.2, 0) is 29.1 Å². The Kier molecular flexibility index (Phi) is 44.7. The van der Waals surface area contributed by atoms with Crippen LogP contribution in [0.3, 0.4) is 0 Å². The molecule has 0 radical (unpaired) electrons. The molecule has 2 N–H and O–H groups in total. The third-order valence-electron chi connectivity index (χ3n) is 7.30. The second-order valence-corrected chi connectivity index (χ2v) is 11.5. The van der Waals surface area contributed by atoms with Crippen LogP contribution in [0.25, 0.3) is 0 Å². The van der Waals surface area contributed by atoms with E-state index in [0.29, 0.717) is 12.8 Å². The van der Waals surface area contributed by atoms with Crippen LogP contribution in [0.4, 0.5) is 0 Å². The quantitative estimate of drug-likeness (QED) is 0.0471. The van der Waals surface area contributed by atoms with Gasteiger partial charge in [-0.1, -0.05) is 154 Å². The fourth-order valence-electron chi connectivity index (χ4n) is 4.67. The van der Waals surface area contributed by atoms with Crippen molar-refractivity contribution in [3.63, 3.8) is 0 Å². The molecule has 0 fully saturated rings. The maximum absolute atomic E-state index is 10.3. The molecule has 0 spiro atoms. The predicted molar refractivity (Wildman–Crippen MR) is 174 cm³/mol. The first kappa shape index (κ1) is 44.5. The molecule has 0 aliphatic carbocycles. The van der Waals surface area contributed by atoms with Gasteiger partial charge in [0.25, 0.3) is 0 Å². The van der Waals surface area contributed by atoms with E-state index in [2.05, 4.69) is 38.2 Å². The summed E-state index contributed by atoms with van der Waals surface area (Å²) in [5.74, 6) is -1.32. The van der Waals surface area contributed by atoms with Crippen molar-refractivity contribution in [2.24, 2.45) is 0 Å². The molecule has 5 heteroatoms. The van der Waals surface area contributed by atoms with E-state index < -0.39 is 11.9 Å². The molecule has 0 amide bonds. The largest absolute Gasteiger partial charge is 0.481 e. The molecule has 0 bridgehead atoms. The van der Waals surface area contributed by atoms with Crippen molar-refractivity contribution < 1.29 is 39.3 Å². The van der Waals surface area contributed by atoms with Crippen molar-refractivity contribution >= 4 is 11.9 Å². The number of carboxylic acid groups (broad SMARTS) is 2. The Morgan fingerprint density at radius 1 is 0.390 bits per heavy atom. The zero-order valence-corrected chi connectivity index (χ0v) is 30.5. The molecule has 0 saturated carbocycles. The molecule has 0 aliphatic heterocycles. The summed E-state index contributed by atoms with van der Waals surface area (Å²) in [5.41, 5.74) is 0. The number of carbonyl (C=O) groups is 2. The summed E-state index contributed by atoms with van der Waals surface area (Å²) < 4.78 is 0. The van der Waals surface area contributed by atoms with Crippen molar-refractivity contribution in [3.05, 3.63) is 24.3 Å². The van der Waals surface area contributed by atoms with E-state index in [9.17, 15) is 9.59 Å². The van der Waals surface area contributed by atoms with Crippen LogP contribution >= 0.6 is 0 Å². The van der Waals surface area contributed by atoms with Crippen LogP contribution in [-0.4, -0.2) is 22.2 Å². The van der Waals surface area contributed by atoms with Gasteiger partial charge in [-0.25, -0.2) is 0 Å². The Morgan fingerprint density at radius 2 is 0.610 bits per heavy atom. The minimum Gasteiger partial charge on any atom is -0.481 e. The maximum Gasteiger partial charge on any atom is 0.303 e. The zero-order chi connectivity index (χ0) is 29.8. The standard InChI is InChI=1S/2C18H34O2.Zn/c2*1-2-3-4-5-6-7-8-9-10-11-12-13-14-15-16-17-18(19)20;/h2*5-6H,2-4,7-17H2,1H3,(H,19,20);. The Balaban J connectivity index is -0.000000688. The smallest absolute Gasteiger partial charge is 0.303 e. The minimum absolute atomic E-state index is 0. The molecule has 238 valence electrons. The SMILES string of the molecule is CCCCC=CCCCCCCCCCCCC(=O)O.CCCCC=CCCCCCCCCCCCC(=O)O.[Zn]. The summed E-state index contributed by atoms with van der Waals surface area (Å²) in [5, 5.41) is 17.0. The van der Waals surface area contributed by atoms with Gasteiger partial charge in [-0.3, -0.25) is 9.59 Å². The van der Waals surface area contributed by atoms with Crippen molar-refractivity contribution in [3.8, 4) is 0 Å². The second kappa shape index (κ2) is 41.2. The van der Waals surface area contributed by atoms with Crippen LogP contribution in [0.15, 0.2) is 24.3 Å². The molecule has 0 heterocycles. The summed E-state index contributed by atoms with van der Waals surface area (Å²) in [7, 11) is 0. The molecular formula is C36H68O4Zn. The Hall–Kier alpha value is -0.957. The topological polar surface area (TPSA) is 74.6 Å². The maximum atomic E-state index is 10.3. The summed E-state index contributed by atoms with van der Waals surface area (Å²) in [6.07, 6.45) is 42.5. The first-order valence-corrected chi connectivity index (χ1v) is 17.3. The number of hydrogen-bond acceptors (Lipinski definition) is 2. The molecule has 0 rings (SSSR count). The van der Waals surface area contributed by atoms with Gasteiger partial charge in [0.15, 0.2) is 0 Å². The molecule has 0 aromatic heterocycles. The molecule has 0 aromatic rings. The summed E-state index contributed by atoms with van der Waals surface area (Å²) >= 11 is 0. The van der Waals surface area contributed by atoms with E-state index in [1.54, 1.807) is 0 Å². The molecule has 4 nitrogen and oxygen atoms in total. The first-order valence-electron chi connectivity index (χ1n) is 17.3. The Labute approximate surface area is 268 Å². The van der Waals surface area contributed by atoms with Crippen molar-refractivity contribution in [2.75, 3.05) is 0 Å². The van der Waals surface area contributed by atoms with Crippen LogP contribution < -0.4 is 0 Å². The van der Waals surface area contributed by atoms with Gasteiger partial charge >= 0.3 is 11.9 Å². The molecule has 41 heavy (non-hydrogen) atoms. The van der Waals surface area contributed by atoms with E-state index in [1.807, 2.05) is 0 Å². The van der Waals surface area contributed by atoms with Gasteiger partial charge in [0.1, 0.15) is 0 Å². The zero-order valence-electron chi connectivity index (χ0n) is 27.5. The third-order valence-corrected chi connectivity index (χ3v) is 7.30. The first-order chi connectivity index (χ1) is 19.5. The van der Waals surface area contributed by atoms with E-state index in [1.165, 1.54) is 141 Å². The molecule has 0 unspecified atom stereocenters. The van der Waals surface area contributed by atoms with Gasteiger partial charge in [-0.2, -0.15) is 0 Å². The Morgan fingerprint density at radius 3 is 0.854 bits per heavy atom.